The number of amides is 1. The fourth-order valence-electron chi connectivity index (χ4n) is 0.408. The number of carbonyl (C=O) groups excluding carboxylic acids is 1. The summed E-state index contributed by atoms with van der Waals surface area (Å²) in [4.78, 5) is 10.1. The number of hydrogen-bond acceptors (Lipinski definition) is 3. The summed E-state index contributed by atoms with van der Waals surface area (Å²) >= 11 is 0. The molecule has 9 heavy (non-hydrogen) atoms. The van der Waals surface area contributed by atoms with Gasteiger partial charge in [-0.3, -0.25) is 4.79 Å². The van der Waals surface area contributed by atoms with Crippen molar-refractivity contribution in [3.63, 3.8) is 0 Å². The van der Waals surface area contributed by atoms with Crippen molar-refractivity contribution in [1.82, 2.24) is 5.32 Å². The van der Waals surface area contributed by atoms with E-state index in [1.165, 1.54) is 0 Å². The average Bonchev–Trinajstić information content (AvgIpc) is 1.63. The number of nitrogens with one attached hydrogen (secondary N) is 1. The van der Waals surface area contributed by atoms with Crippen molar-refractivity contribution in [3.8, 4) is 0 Å². The van der Waals surface area contributed by atoms with Gasteiger partial charge in [0.15, 0.2) is 0 Å². The molecule has 0 unspecified atom stereocenters. The zero-order valence-electron chi connectivity index (χ0n) is 5.35. The fraction of sp³-hybridized carbons (Fsp3) is 0.400. The molecule has 1 amide bonds. The van der Waals surface area contributed by atoms with E-state index in [0.29, 0.717) is 12.4 Å². The zero-order valence-corrected chi connectivity index (χ0v) is 5.35. The molecular formula is C5H11N3O. The van der Waals surface area contributed by atoms with E-state index in [-0.39, 0.29) is 0 Å². The average molecular weight is 129 g/mol. The van der Waals surface area contributed by atoms with Gasteiger partial charge in [-0.2, -0.15) is 0 Å². The lowest BCUT2D eigenvalue weighted by atomic mass is 10.5. The molecule has 5 N–H and O–H groups in total. The summed E-state index contributed by atoms with van der Waals surface area (Å²) in [6, 6.07) is 0. The molecular weight excluding hydrogens is 118 g/mol. The Morgan fingerprint density at radius 1 is 1.67 bits per heavy atom. The van der Waals surface area contributed by atoms with Crippen LogP contribution >= 0.6 is 0 Å². The van der Waals surface area contributed by atoms with Gasteiger partial charge in [0, 0.05) is 12.6 Å². The van der Waals surface area contributed by atoms with Gasteiger partial charge in [-0.15, -0.1) is 0 Å². The summed E-state index contributed by atoms with van der Waals surface area (Å²) < 4.78 is 0. The SMILES string of the molecule is CCNC(N)=CC(N)=O. The minimum atomic E-state index is -0.534. The van der Waals surface area contributed by atoms with Crippen LogP contribution in [0, 0.1) is 0 Å². The van der Waals surface area contributed by atoms with E-state index in [1.54, 1.807) is 0 Å². The molecule has 4 nitrogen and oxygen atoms in total. The lowest BCUT2D eigenvalue weighted by Gasteiger charge is -1.98. The molecule has 0 saturated carbocycles. The molecule has 52 valence electrons. The molecule has 0 aliphatic heterocycles. The van der Waals surface area contributed by atoms with Crippen molar-refractivity contribution < 1.29 is 4.79 Å². The maximum atomic E-state index is 10.1. The Balaban J connectivity index is 3.69. The summed E-state index contributed by atoms with van der Waals surface area (Å²) in [6.07, 6.45) is 1.14. The molecule has 0 atom stereocenters. The van der Waals surface area contributed by atoms with E-state index in [9.17, 15) is 4.79 Å². The van der Waals surface area contributed by atoms with E-state index in [2.05, 4.69) is 5.32 Å². The van der Waals surface area contributed by atoms with Crippen molar-refractivity contribution >= 4 is 5.91 Å². The molecule has 0 rings (SSSR count). The number of rotatable bonds is 3. The highest BCUT2D eigenvalue weighted by molar-refractivity contribution is 5.86. The Bertz CT molecular complexity index is 130. The van der Waals surface area contributed by atoms with E-state index < -0.39 is 5.91 Å². The van der Waals surface area contributed by atoms with Crippen LogP contribution in [0.5, 0.6) is 0 Å². The summed E-state index contributed by atoms with van der Waals surface area (Å²) in [7, 11) is 0. The minimum Gasteiger partial charge on any atom is -0.385 e. The van der Waals surface area contributed by atoms with E-state index >= 15 is 0 Å². The van der Waals surface area contributed by atoms with Crippen molar-refractivity contribution in [1.29, 1.82) is 0 Å². The number of hydrogen-bond donors (Lipinski definition) is 3. The Kier molecular flexibility index (Phi) is 3.27. The maximum Gasteiger partial charge on any atom is 0.245 e. The number of nitrogens with two attached hydrogens (primary N) is 2. The second-order valence-corrected chi connectivity index (χ2v) is 1.53. The summed E-state index contributed by atoms with van der Waals surface area (Å²) in [5.74, 6) is -0.224. The van der Waals surface area contributed by atoms with Gasteiger partial charge in [-0.25, -0.2) is 0 Å². The molecule has 0 aromatic carbocycles. The fourth-order valence-corrected chi connectivity index (χ4v) is 0.408. The third-order valence-corrected chi connectivity index (χ3v) is 0.679. The Morgan fingerprint density at radius 2 is 2.22 bits per heavy atom. The maximum absolute atomic E-state index is 10.1. The van der Waals surface area contributed by atoms with Gasteiger partial charge in [-0.1, -0.05) is 0 Å². The first kappa shape index (κ1) is 7.81. The van der Waals surface area contributed by atoms with E-state index in [1.807, 2.05) is 6.92 Å². The van der Waals surface area contributed by atoms with Gasteiger partial charge in [0.2, 0.25) is 5.91 Å². The lowest BCUT2D eigenvalue weighted by molar-refractivity contribution is -0.113. The molecule has 0 aromatic heterocycles. The Labute approximate surface area is 53.9 Å². The minimum absolute atomic E-state index is 0.310. The second kappa shape index (κ2) is 3.77. The van der Waals surface area contributed by atoms with Crippen LogP contribution < -0.4 is 16.8 Å². The van der Waals surface area contributed by atoms with Crippen LogP contribution in [0.2, 0.25) is 0 Å². The van der Waals surface area contributed by atoms with Gasteiger partial charge in [0.25, 0.3) is 0 Å². The van der Waals surface area contributed by atoms with Gasteiger partial charge >= 0.3 is 0 Å². The molecule has 0 aromatic rings. The largest absolute Gasteiger partial charge is 0.385 e. The standard InChI is InChI=1S/C5H11N3O/c1-2-8-4(6)3-5(7)9/h3,8H,2,6H2,1H3,(H2,7,9). The third-order valence-electron chi connectivity index (χ3n) is 0.679. The molecule has 0 saturated heterocycles. The molecule has 0 heterocycles. The van der Waals surface area contributed by atoms with Gasteiger partial charge in [0.1, 0.15) is 5.82 Å². The first-order valence-electron chi connectivity index (χ1n) is 2.67. The van der Waals surface area contributed by atoms with Crippen LogP contribution in [0.25, 0.3) is 0 Å². The van der Waals surface area contributed by atoms with Gasteiger partial charge in [0.05, 0.1) is 0 Å². The summed E-state index contributed by atoms with van der Waals surface area (Å²) in [6.45, 7) is 2.57. The normalized spacial score (nSPS) is 11.0. The highest BCUT2D eigenvalue weighted by atomic mass is 16.1. The number of primary amides is 1. The first-order chi connectivity index (χ1) is 4.16. The predicted octanol–water partition coefficient (Wildman–Crippen LogP) is -1.12. The molecule has 0 aliphatic rings. The second-order valence-electron chi connectivity index (χ2n) is 1.53. The van der Waals surface area contributed by atoms with E-state index in [0.717, 1.165) is 6.08 Å². The van der Waals surface area contributed by atoms with Crippen LogP contribution in [0.4, 0.5) is 0 Å². The van der Waals surface area contributed by atoms with Gasteiger partial charge < -0.3 is 16.8 Å². The molecule has 0 spiro atoms. The smallest absolute Gasteiger partial charge is 0.245 e. The molecule has 0 aliphatic carbocycles. The van der Waals surface area contributed by atoms with Crippen LogP contribution in [0.15, 0.2) is 11.9 Å². The first-order valence-corrected chi connectivity index (χ1v) is 2.67. The Morgan fingerprint density at radius 3 is 2.56 bits per heavy atom. The highest BCUT2D eigenvalue weighted by Crippen LogP contribution is 1.73. The molecule has 0 bridgehead atoms. The van der Waals surface area contributed by atoms with Crippen LogP contribution in [0.1, 0.15) is 6.92 Å². The molecule has 4 heteroatoms. The summed E-state index contributed by atoms with van der Waals surface area (Å²) in [5.41, 5.74) is 10.0. The lowest BCUT2D eigenvalue weighted by Crippen LogP contribution is -2.22. The van der Waals surface area contributed by atoms with Crippen molar-refractivity contribution in [2.24, 2.45) is 11.5 Å². The zero-order chi connectivity index (χ0) is 7.28. The molecule has 0 radical (unpaired) electrons. The number of carbonyl (C=O) groups is 1. The van der Waals surface area contributed by atoms with Crippen LogP contribution in [-0.4, -0.2) is 12.5 Å². The topological polar surface area (TPSA) is 81.1 Å². The van der Waals surface area contributed by atoms with Crippen LogP contribution in [-0.2, 0) is 4.79 Å². The van der Waals surface area contributed by atoms with Gasteiger partial charge in [-0.05, 0) is 6.92 Å². The molecule has 0 fully saturated rings. The summed E-state index contributed by atoms with van der Waals surface area (Å²) in [5, 5.41) is 2.71. The van der Waals surface area contributed by atoms with Crippen LogP contribution in [0.3, 0.4) is 0 Å². The van der Waals surface area contributed by atoms with Crippen molar-refractivity contribution in [3.05, 3.63) is 11.9 Å². The Hall–Kier alpha value is -1.19. The van der Waals surface area contributed by atoms with Crippen molar-refractivity contribution in [2.75, 3.05) is 6.54 Å². The third kappa shape index (κ3) is 4.67. The quantitative estimate of drug-likeness (QED) is 0.422. The highest BCUT2D eigenvalue weighted by Gasteiger charge is 1.87. The van der Waals surface area contributed by atoms with Crippen molar-refractivity contribution in [2.45, 2.75) is 6.92 Å². The monoisotopic (exact) mass is 129 g/mol. The van der Waals surface area contributed by atoms with E-state index in [4.69, 9.17) is 11.5 Å². The predicted molar refractivity (Wildman–Crippen MR) is 35.1 cm³/mol.